The molecule has 1 aromatic heterocycles. The summed E-state index contributed by atoms with van der Waals surface area (Å²) >= 11 is 0. The minimum Gasteiger partial charge on any atom is -0.324 e. The van der Waals surface area contributed by atoms with Crippen molar-refractivity contribution < 1.29 is 4.79 Å². The molecule has 2 unspecified atom stereocenters. The number of aromatic nitrogens is 2. The summed E-state index contributed by atoms with van der Waals surface area (Å²) in [5.41, 5.74) is 2.14. The van der Waals surface area contributed by atoms with Crippen LogP contribution >= 0.6 is 0 Å². The average Bonchev–Trinajstić information content (AvgIpc) is 2.91. The molecule has 2 atom stereocenters. The summed E-state index contributed by atoms with van der Waals surface area (Å²) in [5, 5.41) is 10.6. The Hall–Kier alpha value is -2.14. The zero-order valence-corrected chi connectivity index (χ0v) is 12.1. The standard InChI is InChI=1S/C16H20N4O/c1-12(11-20-10-4-9-17-20)18-15-8-7-13-5-2-3-6-14(13)19-16(15)21/h2-6,9-10,12,15,18H,7-8,11H2,1H3,(H,19,21). The Morgan fingerprint density at radius 2 is 2.29 bits per heavy atom. The van der Waals surface area contributed by atoms with Crippen LogP contribution in [0.25, 0.3) is 0 Å². The molecular formula is C16H20N4O. The van der Waals surface area contributed by atoms with Gasteiger partial charge in [0.05, 0.1) is 12.6 Å². The second kappa shape index (κ2) is 6.10. The van der Waals surface area contributed by atoms with Crippen LogP contribution in [-0.4, -0.2) is 27.8 Å². The molecule has 2 aromatic rings. The highest BCUT2D eigenvalue weighted by atomic mass is 16.2. The number of carbonyl (C=O) groups excluding carboxylic acids is 1. The quantitative estimate of drug-likeness (QED) is 0.900. The van der Waals surface area contributed by atoms with Gasteiger partial charge in [0.1, 0.15) is 0 Å². The number of fused-ring (bicyclic) bond motifs is 1. The molecule has 5 heteroatoms. The zero-order valence-electron chi connectivity index (χ0n) is 12.1. The third-order valence-corrected chi connectivity index (χ3v) is 3.80. The molecule has 0 fully saturated rings. The molecule has 0 saturated heterocycles. The largest absolute Gasteiger partial charge is 0.324 e. The Morgan fingerprint density at radius 3 is 3.10 bits per heavy atom. The van der Waals surface area contributed by atoms with E-state index in [4.69, 9.17) is 0 Å². The SMILES string of the molecule is CC(Cn1cccn1)NC1CCc2ccccc2NC1=O. The smallest absolute Gasteiger partial charge is 0.241 e. The molecule has 1 aliphatic rings. The first-order chi connectivity index (χ1) is 10.2. The summed E-state index contributed by atoms with van der Waals surface area (Å²) in [4.78, 5) is 12.3. The maximum absolute atomic E-state index is 12.3. The van der Waals surface area contributed by atoms with Crippen LogP contribution in [0.5, 0.6) is 0 Å². The first kappa shape index (κ1) is 13.8. The van der Waals surface area contributed by atoms with Gasteiger partial charge in [-0.1, -0.05) is 18.2 Å². The normalized spacial score (nSPS) is 19.5. The van der Waals surface area contributed by atoms with Gasteiger partial charge < -0.3 is 10.6 Å². The van der Waals surface area contributed by atoms with E-state index >= 15 is 0 Å². The van der Waals surface area contributed by atoms with Gasteiger partial charge in [-0.15, -0.1) is 0 Å². The minimum atomic E-state index is -0.164. The van der Waals surface area contributed by atoms with Crippen molar-refractivity contribution in [1.29, 1.82) is 0 Å². The van der Waals surface area contributed by atoms with E-state index in [-0.39, 0.29) is 18.0 Å². The minimum absolute atomic E-state index is 0.0484. The van der Waals surface area contributed by atoms with Gasteiger partial charge in [0.2, 0.25) is 5.91 Å². The number of nitrogens with one attached hydrogen (secondary N) is 2. The summed E-state index contributed by atoms with van der Waals surface area (Å²) in [6.07, 6.45) is 5.41. The molecule has 2 heterocycles. The van der Waals surface area contributed by atoms with Gasteiger partial charge in [-0.3, -0.25) is 9.48 Å². The molecule has 0 spiro atoms. The van der Waals surface area contributed by atoms with Crippen molar-refractivity contribution in [1.82, 2.24) is 15.1 Å². The molecule has 0 radical (unpaired) electrons. The molecule has 21 heavy (non-hydrogen) atoms. The number of carbonyl (C=O) groups is 1. The number of rotatable bonds is 4. The van der Waals surface area contributed by atoms with E-state index in [0.717, 1.165) is 25.1 Å². The monoisotopic (exact) mass is 284 g/mol. The number of hydrogen-bond donors (Lipinski definition) is 2. The molecule has 3 rings (SSSR count). The van der Waals surface area contributed by atoms with Crippen LogP contribution in [0.4, 0.5) is 5.69 Å². The van der Waals surface area contributed by atoms with Crippen LogP contribution < -0.4 is 10.6 Å². The van der Waals surface area contributed by atoms with E-state index in [1.165, 1.54) is 5.56 Å². The fourth-order valence-corrected chi connectivity index (χ4v) is 2.76. The fraction of sp³-hybridized carbons (Fsp3) is 0.375. The fourth-order valence-electron chi connectivity index (χ4n) is 2.76. The van der Waals surface area contributed by atoms with Crippen LogP contribution in [0, 0.1) is 0 Å². The predicted molar refractivity (Wildman–Crippen MR) is 82.0 cm³/mol. The Kier molecular flexibility index (Phi) is 4.01. The molecule has 5 nitrogen and oxygen atoms in total. The van der Waals surface area contributed by atoms with Gasteiger partial charge in [0.15, 0.2) is 0 Å². The zero-order chi connectivity index (χ0) is 14.7. The number of nitrogens with zero attached hydrogens (tertiary/aromatic N) is 2. The highest BCUT2D eigenvalue weighted by molar-refractivity contribution is 5.96. The first-order valence-electron chi connectivity index (χ1n) is 7.34. The highest BCUT2D eigenvalue weighted by Crippen LogP contribution is 2.21. The van der Waals surface area contributed by atoms with Crippen LogP contribution in [0.2, 0.25) is 0 Å². The van der Waals surface area contributed by atoms with Gasteiger partial charge in [0.25, 0.3) is 0 Å². The van der Waals surface area contributed by atoms with Gasteiger partial charge in [-0.05, 0) is 37.5 Å². The lowest BCUT2D eigenvalue weighted by molar-refractivity contribution is -0.118. The second-order valence-electron chi connectivity index (χ2n) is 5.53. The molecule has 2 N–H and O–H groups in total. The van der Waals surface area contributed by atoms with E-state index in [0.29, 0.717) is 0 Å². The van der Waals surface area contributed by atoms with Gasteiger partial charge in [0, 0.05) is 24.1 Å². The molecule has 0 aliphatic carbocycles. The topological polar surface area (TPSA) is 59.0 Å². The number of hydrogen-bond acceptors (Lipinski definition) is 3. The summed E-state index contributed by atoms with van der Waals surface area (Å²) < 4.78 is 1.88. The maximum Gasteiger partial charge on any atom is 0.241 e. The molecule has 110 valence electrons. The van der Waals surface area contributed by atoms with Crippen molar-refractivity contribution in [2.24, 2.45) is 0 Å². The molecule has 0 saturated carbocycles. The average molecular weight is 284 g/mol. The van der Waals surface area contributed by atoms with Crippen molar-refractivity contribution in [3.05, 3.63) is 48.3 Å². The summed E-state index contributed by atoms with van der Waals surface area (Å²) in [6.45, 7) is 2.83. The maximum atomic E-state index is 12.3. The van der Waals surface area contributed by atoms with Crippen LogP contribution in [-0.2, 0) is 17.8 Å². The lowest BCUT2D eigenvalue weighted by Gasteiger charge is -2.21. The van der Waals surface area contributed by atoms with E-state index in [9.17, 15) is 4.79 Å². The Balaban J connectivity index is 1.63. The van der Waals surface area contributed by atoms with Crippen molar-refractivity contribution in [2.75, 3.05) is 5.32 Å². The number of anilines is 1. The van der Waals surface area contributed by atoms with Gasteiger partial charge in [-0.2, -0.15) is 5.10 Å². The summed E-state index contributed by atoms with van der Waals surface area (Å²) in [5.74, 6) is 0.0484. The molecule has 1 amide bonds. The Morgan fingerprint density at radius 1 is 1.43 bits per heavy atom. The number of benzene rings is 1. The first-order valence-corrected chi connectivity index (χ1v) is 7.34. The second-order valence-corrected chi connectivity index (χ2v) is 5.53. The van der Waals surface area contributed by atoms with Crippen molar-refractivity contribution in [3.63, 3.8) is 0 Å². The molecular weight excluding hydrogens is 264 g/mol. The Bertz CT molecular complexity index is 608. The molecule has 1 aromatic carbocycles. The highest BCUT2D eigenvalue weighted by Gasteiger charge is 2.24. The predicted octanol–water partition coefficient (Wildman–Crippen LogP) is 1.81. The van der Waals surface area contributed by atoms with E-state index in [1.807, 2.05) is 35.1 Å². The van der Waals surface area contributed by atoms with Gasteiger partial charge in [-0.25, -0.2) is 0 Å². The van der Waals surface area contributed by atoms with E-state index in [2.05, 4.69) is 28.7 Å². The molecule has 0 bridgehead atoms. The lowest BCUT2D eigenvalue weighted by atomic mass is 10.1. The van der Waals surface area contributed by atoms with Crippen LogP contribution in [0.1, 0.15) is 18.9 Å². The number of aryl methyl sites for hydroxylation is 1. The van der Waals surface area contributed by atoms with E-state index < -0.39 is 0 Å². The number of amides is 1. The lowest BCUT2D eigenvalue weighted by Crippen LogP contribution is -2.45. The van der Waals surface area contributed by atoms with Gasteiger partial charge >= 0.3 is 0 Å². The number of para-hydroxylation sites is 1. The third kappa shape index (κ3) is 3.31. The van der Waals surface area contributed by atoms with Crippen molar-refractivity contribution >= 4 is 11.6 Å². The summed E-state index contributed by atoms with van der Waals surface area (Å²) in [7, 11) is 0. The van der Waals surface area contributed by atoms with Crippen molar-refractivity contribution in [3.8, 4) is 0 Å². The third-order valence-electron chi connectivity index (χ3n) is 3.80. The van der Waals surface area contributed by atoms with Crippen LogP contribution in [0.3, 0.4) is 0 Å². The van der Waals surface area contributed by atoms with Crippen molar-refractivity contribution in [2.45, 2.75) is 38.4 Å². The van der Waals surface area contributed by atoms with Crippen LogP contribution in [0.15, 0.2) is 42.7 Å². The summed E-state index contributed by atoms with van der Waals surface area (Å²) in [6, 6.07) is 9.92. The molecule has 1 aliphatic heterocycles. The van der Waals surface area contributed by atoms with E-state index in [1.54, 1.807) is 6.20 Å². The Labute approximate surface area is 124 Å².